The van der Waals surface area contributed by atoms with Gasteiger partial charge in [0.25, 0.3) is 11.8 Å². The van der Waals surface area contributed by atoms with Crippen molar-refractivity contribution in [2.24, 2.45) is 134 Å². The fraction of sp³-hybridized carbons (Fsp3) is 0.530. The van der Waals surface area contributed by atoms with E-state index in [2.05, 4.69) is 81.3 Å². The zero-order chi connectivity index (χ0) is 98.5. The zero-order valence-corrected chi connectivity index (χ0v) is 80.5. The first-order valence-electron chi connectivity index (χ1n) is 49.2. The summed E-state index contributed by atoms with van der Waals surface area (Å²) in [7, 11) is 10.5. The lowest BCUT2D eigenvalue weighted by Crippen LogP contribution is -2.66. The van der Waals surface area contributed by atoms with Crippen molar-refractivity contribution in [1.29, 1.82) is 5.26 Å². The number of halogens is 2. The van der Waals surface area contributed by atoms with E-state index in [0.29, 0.717) is 127 Å². The van der Waals surface area contributed by atoms with E-state index >= 15 is 0 Å². The summed E-state index contributed by atoms with van der Waals surface area (Å²) < 4.78 is 67.2. The maximum atomic E-state index is 14.5. The standard InChI is InChI=1S/C26H28FN7O2.C26H31FN6O4.C24H28N8O2.C24H28N8O/c1-13-4-17(21(29)35)18(27)7-19(13)31-23-30-11-20-22(32-23)34(24(36)33(20)3)26-8-14-5-15(9-26)25(2,12-28)16(6-14)10-26;1-13-5-17(21(28)34)18(27)8-19(13)30-23-29-12-20-22(31-23)33(24(35)32(20)2)25-9-14-6-15(10-25)26(36-3,37-4)16(7-14)11-25;1-12-4-19-26-11-27-31(19)10-17(12)28-22-25-9-18-21(29-22)32(23(33)30(18)3)20-13-5-15-7-14(20)8-16(6-13)24(15,2)34;1-12-4-20-26-11-27-31(20)10-18(12)28-23-25-9-19-22(29-23)32(24(33)30(19)3)21-16-5-14-6-17(21)8-15(7-16)13(14)2/h4,7,11,14-16H,5-6,8-10H2,1-3H3,(H2,29,35)(H,30,31,32);5,8,12,14-16H,6-7,9-11H2,1-4H3,(H2,28,34)(H,29,30,31);4,9-11,13-16,20,34H,5-8H2,1-3H3,(H,25,28,29);4,9-11,13-17,21H,5-8H2,1-3H3,(H,25,28,29)/i;;;13D. The van der Waals surface area contributed by atoms with Crippen LogP contribution in [-0.2, 0) is 48.7 Å². The van der Waals surface area contributed by atoms with Crippen molar-refractivity contribution in [2.45, 2.75) is 199 Å². The monoisotopic (exact) mass is 1900 g/mol. The molecule has 0 saturated heterocycles. The van der Waals surface area contributed by atoms with Crippen molar-refractivity contribution < 1.29 is 34.3 Å². The molecule has 4 unspecified atom stereocenters. The molecule has 30 rings (SSSR count). The maximum absolute atomic E-state index is 14.5. The van der Waals surface area contributed by atoms with Crippen molar-refractivity contribution in [2.75, 3.05) is 35.5 Å². The van der Waals surface area contributed by atoms with E-state index in [1.165, 1.54) is 36.9 Å². The molecule has 16 fully saturated rings. The average molecular weight is 1910 g/mol. The Morgan fingerprint density at radius 1 is 0.464 bits per heavy atom. The van der Waals surface area contributed by atoms with Crippen molar-refractivity contribution in [3.05, 3.63) is 173 Å². The van der Waals surface area contributed by atoms with E-state index < -0.39 is 34.8 Å². The van der Waals surface area contributed by atoms with Gasteiger partial charge in [-0.1, -0.05) is 6.92 Å². The van der Waals surface area contributed by atoms with Gasteiger partial charge < -0.3 is 47.3 Å². The summed E-state index contributed by atoms with van der Waals surface area (Å²) in [5.74, 6) is 2.38. The normalized spacial score (nSPS) is 30.8. The van der Waals surface area contributed by atoms with Crippen LogP contribution in [0.2, 0.25) is 0 Å². The van der Waals surface area contributed by atoms with E-state index in [9.17, 15) is 47.9 Å². The Morgan fingerprint density at radius 2 is 0.800 bits per heavy atom. The number of nitrogens with zero attached hydrogens (tertiary/aromatic N) is 23. The second-order valence-corrected chi connectivity index (χ2v) is 43.1. The molecule has 4 atom stereocenters. The third-order valence-corrected chi connectivity index (χ3v) is 35.8. The number of rotatable bonds is 16. The molecule has 0 spiro atoms. The Labute approximate surface area is 802 Å². The summed E-state index contributed by atoms with van der Waals surface area (Å²) >= 11 is 0. The van der Waals surface area contributed by atoms with E-state index in [4.69, 9.17) is 42.2 Å². The minimum absolute atomic E-state index is 0.0206. The number of nitrogens with two attached hydrogens (primary N) is 2. The second-order valence-electron chi connectivity index (χ2n) is 43.1. The second kappa shape index (κ2) is 32.5. The molecule has 0 aliphatic heterocycles. The number of nitrogens with one attached hydrogen (secondary N) is 4. The number of imidazole rings is 4. The number of pyridine rings is 2. The minimum atomic E-state index is -0.837. The highest BCUT2D eigenvalue weighted by Crippen LogP contribution is 2.68. The smallest absolute Gasteiger partial charge is 0.330 e. The zero-order valence-electron chi connectivity index (χ0n) is 81.5. The fourth-order valence-electron chi connectivity index (χ4n) is 29.1. The molecule has 16 saturated carbocycles. The van der Waals surface area contributed by atoms with Gasteiger partial charge in [-0.15, -0.1) is 0 Å². The molecule has 2 amide bonds. The number of benzene rings is 2. The van der Waals surface area contributed by atoms with E-state index in [1.807, 2.05) is 63.6 Å². The quantitative estimate of drug-likeness (QED) is 0.0442. The lowest BCUT2D eigenvalue weighted by molar-refractivity contribution is -0.328. The van der Waals surface area contributed by atoms with Gasteiger partial charge in [0.15, 0.2) is 39.7 Å². The molecular weight excluding hydrogens is 1790 g/mol. The maximum Gasteiger partial charge on any atom is 0.330 e. The Hall–Kier alpha value is -13.6. The number of primary amides is 2. The van der Waals surface area contributed by atoms with Crippen LogP contribution >= 0.6 is 0 Å². The number of anilines is 8. The summed E-state index contributed by atoms with van der Waals surface area (Å²) in [6, 6.07) is 12.0. The predicted octanol–water partition coefficient (Wildman–Crippen LogP) is 12.5. The van der Waals surface area contributed by atoms with Crippen LogP contribution < -0.4 is 55.5 Å². The first kappa shape index (κ1) is 89.1. The topological polar surface area (TPSA) is 468 Å². The Bertz CT molecular complexity index is 7570. The molecule has 38 nitrogen and oxygen atoms in total. The lowest BCUT2D eigenvalue weighted by atomic mass is 9.44. The molecule has 16 aliphatic rings. The first-order valence-corrected chi connectivity index (χ1v) is 48.7. The van der Waals surface area contributed by atoms with Crippen LogP contribution in [0.1, 0.15) is 193 Å². The number of aromatic nitrogens is 22. The highest BCUT2D eigenvalue weighted by atomic mass is 19.1. The summed E-state index contributed by atoms with van der Waals surface area (Å²) in [5, 5.41) is 42.2. The number of carbonyl (C=O) groups is 2. The Morgan fingerprint density at radius 3 is 1.17 bits per heavy atom. The number of carbonyl (C=O) groups excluding carboxylic acids is 2. The highest BCUT2D eigenvalue weighted by Gasteiger charge is 2.66. The fourth-order valence-corrected chi connectivity index (χ4v) is 29.1. The number of aliphatic hydroxyl groups is 1. The molecule has 16 aliphatic carbocycles. The van der Waals surface area contributed by atoms with Gasteiger partial charge in [0.2, 0.25) is 23.8 Å². The van der Waals surface area contributed by atoms with Crippen LogP contribution in [0.3, 0.4) is 0 Å². The molecule has 2 aromatic carbocycles. The Kier molecular flexibility index (Phi) is 20.7. The molecule has 140 heavy (non-hydrogen) atoms. The van der Waals surface area contributed by atoms with Crippen LogP contribution in [0.25, 0.3) is 55.9 Å². The molecule has 728 valence electrons. The van der Waals surface area contributed by atoms with Gasteiger partial charge in [0.1, 0.15) is 46.4 Å². The molecule has 9 N–H and O–H groups in total. The van der Waals surface area contributed by atoms with Gasteiger partial charge in [0.05, 0.1) is 87.8 Å². The third kappa shape index (κ3) is 13.9. The van der Waals surface area contributed by atoms with Crippen LogP contribution in [0.4, 0.5) is 55.3 Å². The number of amides is 2. The number of ether oxygens (including phenoxy) is 2. The van der Waals surface area contributed by atoms with Gasteiger partial charge in [0, 0.05) is 79.1 Å². The van der Waals surface area contributed by atoms with Crippen LogP contribution in [0, 0.1) is 145 Å². The van der Waals surface area contributed by atoms with Gasteiger partial charge in [-0.2, -0.15) is 35.4 Å². The summed E-state index contributed by atoms with van der Waals surface area (Å²) in [5.41, 5.74) is 20.6. The summed E-state index contributed by atoms with van der Waals surface area (Å²) in [4.78, 5) is 123. The van der Waals surface area contributed by atoms with Crippen LogP contribution in [0.5, 0.6) is 0 Å². The van der Waals surface area contributed by atoms with Crippen LogP contribution in [0.15, 0.2) is 105 Å². The number of hydrogen-bond donors (Lipinski definition) is 7. The van der Waals surface area contributed by atoms with E-state index in [1.54, 1.807) is 108 Å². The van der Waals surface area contributed by atoms with Crippen molar-refractivity contribution in [3.8, 4) is 6.07 Å². The average Bonchev–Trinajstić information content (AvgIpc) is 1.61. The molecule has 12 heterocycles. The van der Waals surface area contributed by atoms with Crippen molar-refractivity contribution in [1.82, 2.24) is 106 Å². The number of hydrogen-bond acceptors (Lipinski definition) is 26. The van der Waals surface area contributed by atoms with Crippen molar-refractivity contribution >= 4 is 114 Å². The number of aryl methyl sites for hydroxylation is 8. The van der Waals surface area contributed by atoms with Gasteiger partial charge in [-0.3, -0.25) is 46.1 Å². The number of fused-ring (bicyclic) bond motifs is 6. The molecule has 0 radical (unpaired) electrons. The SMILES string of the molecule is COC1(OC)C2CC3CC1CC(n1c(=O)n(C)c4cnc(Nc5cc(F)c(C(N)=O)cc5C)nc41)(C3)C2.Cc1cc(C(N)=O)c(F)cc1Nc1ncc2c(n1)n(C13CC4CC(C1)C(C)(C#N)C(C4)C3)c(=O)n2C.Cc1cc2ncnn2cc1Nc1ncc2c(n1)n(C1C3CC4CC1CC(C3)C4(C)O)c(=O)n2C.[2H]C1(C)C2CC3CC1CC(C2)C3n1c(=O)n(C)c2cnc(Nc3cn4ncnc4cc3C)nc21. The number of methoxy groups -OCH3 is 2. The van der Waals surface area contributed by atoms with Crippen LogP contribution in [-0.4, -0.2) is 148 Å². The third-order valence-electron chi connectivity index (χ3n) is 35.8. The molecule has 16 bridgehead atoms. The predicted molar refractivity (Wildman–Crippen MR) is 515 cm³/mol. The Balaban J connectivity index is 0.000000105. The molecule has 14 aromatic rings. The van der Waals surface area contributed by atoms with E-state index in [0.717, 1.165) is 160 Å². The van der Waals surface area contributed by atoms with Gasteiger partial charge in [-0.05, 0) is 293 Å². The molecular formula is C100H115F2N29O9. The largest absolute Gasteiger partial charge is 0.390 e. The van der Waals surface area contributed by atoms with E-state index in [-0.39, 0.29) is 104 Å². The van der Waals surface area contributed by atoms with Crippen molar-refractivity contribution in [3.63, 3.8) is 0 Å². The minimum Gasteiger partial charge on any atom is -0.390 e. The first-order chi connectivity index (χ1) is 67.3. The lowest BCUT2D eigenvalue weighted by Gasteiger charge is -2.63. The van der Waals surface area contributed by atoms with Gasteiger partial charge >= 0.3 is 22.8 Å². The molecule has 12 aromatic heterocycles. The summed E-state index contributed by atoms with van der Waals surface area (Å²) in [6.07, 6.45) is 30.6. The van der Waals surface area contributed by atoms with Gasteiger partial charge in [-0.25, -0.2) is 66.9 Å². The highest BCUT2D eigenvalue weighted by molar-refractivity contribution is 5.95. The number of nitriles is 1. The molecule has 40 heteroatoms. The summed E-state index contributed by atoms with van der Waals surface area (Å²) in [6.45, 7) is 13.7.